The van der Waals surface area contributed by atoms with Crippen molar-refractivity contribution in [2.45, 2.75) is 45.6 Å². The van der Waals surface area contributed by atoms with Crippen LogP contribution in [0, 0.1) is 0 Å². The number of hydrogen-bond donors (Lipinski definition) is 0. The van der Waals surface area contributed by atoms with Crippen LogP contribution in [-0.2, 0) is 13.3 Å². The molecule has 0 aromatic carbocycles. The first kappa shape index (κ1) is 17.8. The Morgan fingerprint density at radius 2 is 1.33 bits per heavy atom. The Morgan fingerprint density at radius 3 is 1.61 bits per heavy atom. The summed E-state index contributed by atoms with van der Waals surface area (Å²) in [5.74, 6) is 0. The normalized spacial score (nSPS) is 14.8. The molecule has 0 saturated carbocycles. The Kier molecular flexibility index (Phi) is 8.00. The standard InChI is InChI=1S/C10H20F4O3Si/c1-4-15-18(16-5-2,17-6-3)8-7-9(11)10(12,13)14/h9H,4-8H2,1-3H3. The summed E-state index contributed by atoms with van der Waals surface area (Å²) in [7, 11) is -3.18. The predicted molar refractivity (Wildman–Crippen MR) is 61.0 cm³/mol. The van der Waals surface area contributed by atoms with Gasteiger partial charge in [0.1, 0.15) is 0 Å². The van der Waals surface area contributed by atoms with Gasteiger partial charge in [0.2, 0.25) is 0 Å². The van der Waals surface area contributed by atoms with Crippen molar-refractivity contribution < 1.29 is 30.8 Å². The van der Waals surface area contributed by atoms with E-state index >= 15 is 0 Å². The molecular formula is C10H20F4O3Si. The summed E-state index contributed by atoms with van der Waals surface area (Å²) in [4.78, 5) is 0. The summed E-state index contributed by atoms with van der Waals surface area (Å²) >= 11 is 0. The maximum Gasteiger partial charge on any atom is 0.501 e. The lowest BCUT2D eigenvalue weighted by molar-refractivity contribution is -0.181. The molecule has 8 heteroatoms. The van der Waals surface area contributed by atoms with Gasteiger partial charge in [-0.3, -0.25) is 0 Å². The van der Waals surface area contributed by atoms with Gasteiger partial charge in [-0.15, -0.1) is 0 Å². The highest BCUT2D eigenvalue weighted by Gasteiger charge is 2.46. The summed E-state index contributed by atoms with van der Waals surface area (Å²) in [6.45, 7) is 5.85. The van der Waals surface area contributed by atoms with Crippen LogP contribution in [0.1, 0.15) is 27.2 Å². The van der Waals surface area contributed by atoms with Gasteiger partial charge in [0.25, 0.3) is 0 Å². The SMILES string of the molecule is CCO[Si](CCC(F)C(F)(F)F)(OCC)OCC. The third-order valence-corrected chi connectivity index (χ3v) is 5.24. The molecule has 0 N–H and O–H groups in total. The first-order valence-corrected chi connectivity index (χ1v) is 7.87. The third-order valence-electron chi connectivity index (χ3n) is 2.15. The van der Waals surface area contributed by atoms with Gasteiger partial charge in [0.05, 0.1) is 0 Å². The van der Waals surface area contributed by atoms with E-state index in [2.05, 4.69) is 0 Å². The van der Waals surface area contributed by atoms with Crippen molar-refractivity contribution in [2.24, 2.45) is 0 Å². The molecule has 3 nitrogen and oxygen atoms in total. The molecule has 0 fully saturated rings. The van der Waals surface area contributed by atoms with Crippen LogP contribution in [0.2, 0.25) is 6.04 Å². The van der Waals surface area contributed by atoms with Crippen molar-refractivity contribution >= 4 is 8.80 Å². The van der Waals surface area contributed by atoms with Gasteiger partial charge in [0, 0.05) is 25.9 Å². The molecule has 0 aliphatic heterocycles. The second-order valence-electron chi connectivity index (χ2n) is 3.53. The highest BCUT2D eigenvalue weighted by atomic mass is 28.4. The summed E-state index contributed by atoms with van der Waals surface area (Å²) in [5, 5.41) is 0. The quantitative estimate of drug-likeness (QED) is 0.482. The van der Waals surface area contributed by atoms with Gasteiger partial charge < -0.3 is 13.3 Å². The van der Waals surface area contributed by atoms with Gasteiger partial charge in [0.15, 0.2) is 6.17 Å². The van der Waals surface area contributed by atoms with Crippen LogP contribution in [0.3, 0.4) is 0 Å². The molecule has 110 valence electrons. The first-order chi connectivity index (χ1) is 8.31. The molecule has 0 amide bonds. The van der Waals surface area contributed by atoms with Gasteiger partial charge in [-0.05, 0) is 27.2 Å². The van der Waals surface area contributed by atoms with Crippen molar-refractivity contribution in [3.05, 3.63) is 0 Å². The maximum atomic E-state index is 12.9. The van der Waals surface area contributed by atoms with Crippen LogP contribution in [0.5, 0.6) is 0 Å². The van der Waals surface area contributed by atoms with Crippen LogP contribution in [0.15, 0.2) is 0 Å². The minimum absolute atomic E-state index is 0.177. The van der Waals surface area contributed by atoms with Crippen molar-refractivity contribution in [3.63, 3.8) is 0 Å². The van der Waals surface area contributed by atoms with Crippen molar-refractivity contribution in [2.75, 3.05) is 19.8 Å². The molecule has 1 atom stereocenters. The Hall–Kier alpha value is -0.183. The lowest BCUT2D eigenvalue weighted by Crippen LogP contribution is -2.47. The molecule has 1 unspecified atom stereocenters. The van der Waals surface area contributed by atoms with Crippen LogP contribution >= 0.6 is 0 Å². The molecule has 0 aromatic rings. The lowest BCUT2D eigenvalue weighted by atomic mass is 10.3. The molecule has 0 aromatic heterocycles. The first-order valence-electron chi connectivity index (χ1n) is 5.94. The monoisotopic (exact) mass is 292 g/mol. The fourth-order valence-electron chi connectivity index (χ4n) is 1.47. The van der Waals surface area contributed by atoms with E-state index < -0.39 is 27.6 Å². The number of hydrogen-bond acceptors (Lipinski definition) is 3. The van der Waals surface area contributed by atoms with Crippen LogP contribution in [-0.4, -0.2) is 41.0 Å². The minimum atomic E-state index is -4.84. The summed E-state index contributed by atoms with van der Waals surface area (Å²) < 4.78 is 65.2. The molecule has 0 aliphatic carbocycles. The zero-order valence-corrected chi connectivity index (χ0v) is 11.8. The van der Waals surface area contributed by atoms with Crippen LogP contribution in [0.25, 0.3) is 0 Å². The Morgan fingerprint density at radius 1 is 0.944 bits per heavy atom. The Bertz CT molecular complexity index is 209. The van der Waals surface area contributed by atoms with Crippen molar-refractivity contribution in [1.82, 2.24) is 0 Å². The zero-order chi connectivity index (χ0) is 14.2. The smallest absolute Gasteiger partial charge is 0.374 e. The van der Waals surface area contributed by atoms with E-state index in [4.69, 9.17) is 13.3 Å². The average molecular weight is 292 g/mol. The minimum Gasteiger partial charge on any atom is -0.374 e. The molecule has 18 heavy (non-hydrogen) atoms. The van der Waals surface area contributed by atoms with Gasteiger partial charge in [-0.25, -0.2) is 4.39 Å². The highest BCUT2D eigenvalue weighted by molar-refractivity contribution is 6.60. The zero-order valence-electron chi connectivity index (χ0n) is 10.8. The Balaban J connectivity index is 4.56. The van der Waals surface area contributed by atoms with Gasteiger partial charge in [-0.2, -0.15) is 13.2 Å². The van der Waals surface area contributed by atoms with Gasteiger partial charge in [-0.1, -0.05) is 0 Å². The second kappa shape index (κ2) is 8.08. The van der Waals surface area contributed by atoms with Gasteiger partial charge >= 0.3 is 15.0 Å². The summed E-state index contributed by atoms with van der Waals surface area (Å²) in [6.07, 6.45) is -8.41. The lowest BCUT2D eigenvalue weighted by Gasteiger charge is -2.29. The predicted octanol–water partition coefficient (Wildman–Crippen LogP) is 3.33. The topological polar surface area (TPSA) is 27.7 Å². The van der Waals surface area contributed by atoms with E-state index in [1.807, 2.05) is 0 Å². The largest absolute Gasteiger partial charge is 0.501 e. The number of alkyl halides is 4. The molecule has 0 rings (SSSR count). The molecule has 0 bridgehead atoms. The molecule has 0 radical (unpaired) electrons. The van der Waals surface area contributed by atoms with Crippen molar-refractivity contribution in [3.8, 4) is 0 Å². The van der Waals surface area contributed by atoms with Crippen LogP contribution in [0.4, 0.5) is 17.6 Å². The van der Waals surface area contributed by atoms with E-state index in [0.29, 0.717) is 0 Å². The second-order valence-corrected chi connectivity index (χ2v) is 6.26. The fourth-order valence-corrected chi connectivity index (χ4v) is 4.08. The van der Waals surface area contributed by atoms with E-state index in [9.17, 15) is 17.6 Å². The Labute approximate surface area is 106 Å². The van der Waals surface area contributed by atoms with Crippen LogP contribution < -0.4 is 0 Å². The van der Waals surface area contributed by atoms with E-state index in [1.54, 1.807) is 20.8 Å². The molecule has 0 saturated heterocycles. The number of rotatable bonds is 9. The number of halogens is 4. The third kappa shape index (κ3) is 6.12. The molecular weight excluding hydrogens is 272 g/mol. The van der Waals surface area contributed by atoms with Crippen molar-refractivity contribution in [1.29, 1.82) is 0 Å². The average Bonchev–Trinajstić information content (AvgIpc) is 2.25. The summed E-state index contributed by atoms with van der Waals surface area (Å²) in [5.41, 5.74) is 0. The molecule has 0 heterocycles. The fraction of sp³-hybridized carbons (Fsp3) is 1.00. The summed E-state index contributed by atoms with van der Waals surface area (Å²) in [6, 6.07) is -0.177. The van der Waals surface area contributed by atoms with E-state index in [1.165, 1.54) is 0 Å². The van der Waals surface area contributed by atoms with E-state index in [0.717, 1.165) is 0 Å². The van der Waals surface area contributed by atoms with E-state index in [-0.39, 0.29) is 25.9 Å². The highest BCUT2D eigenvalue weighted by Crippen LogP contribution is 2.29. The maximum absolute atomic E-state index is 12.9. The molecule has 0 spiro atoms. The molecule has 0 aliphatic rings.